The summed E-state index contributed by atoms with van der Waals surface area (Å²) in [5.41, 5.74) is 1.11. The topological polar surface area (TPSA) is 78.0 Å². The van der Waals surface area contributed by atoms with E-state index in [1.54, 1.807) is 4.90 Å². The van der Waals surface area contributed by atoms with Crippen LogP contribution in [0.3, 0.4) is 0 Å². The van der Waals surface area contributed by atoms with E-state index in [0.717, 1.165) is 29.2 Å². The number of halogens is 1. The Morgan fingerprint density at radius 1 is 1.23 bits per heavy atom. The zero-order valence-electron chi connectivity index (χ0n) is 17.9. The predicted octanol–water partition coefficient (Wildman–Crippen LogP) is 2.51. The first kappa shape index (κ1) is 24.5. The molecular formula is C21H32ClN3O4S. The highest BCUT2D eigenvalue weighted by Gasteiger charge is 2.56. The van der Waals surface area contributed by atoms with Gasteiger partial charge in [-0.15, -0.1) is 12.4 Å². The van der Waals surface area contributed by atoms with Crippen LogP contribution in [0.25, 0.3) is 0 Å². The third-order valence-electron chi connectivity index (χ3n) is 6.03. The molecule has 0 N–H and O–H groups in total. The first-order chi connectivity index (χ1) is 13.8. The van der Waals surface area contributed by atoms with E-state index in [0.29, 0.717) is 32.2 Å². The number of anilines is 1. The molecule has 3 rings (SSSR count). The smallest absolute Gasteiger partial charge is 0.241 e. The lowest BCUT2D eigenvalue weighted by Gasteiger charge is -2.28. The molecule has 168 valence electrons. The summed E-state index contributed by atoms with van der Waals surface area (Å²) in [5.74, 6) is -0.743. The Labute approximate surface area is 185 Å². The molecule has 0 unspecified atom stereocenters. The number of amides is 2. The van der Waals surface area contributed by atoms with Crippen LogP contribution in [-0.2, 0) is 19.6 Å². The molecule has 3 atom stereocenters. The van der Waals surface area contributed by atoms with Crippen molar-refractivity contribution in [2.75, 3.05) is 31.3 Å². The second kappa shape index (κ2) is 10.0. The summed E-state index contributed by atoms with van der Waals surface area (Å²) in [6, 6.07) is 9.28. The van der Waals surface area contributed by atoms with Crippen LogP contribution in [0, 0.1) is 5.92 Å². The Balaban J connectivity index is 0.00000320. The summed E-state index contributed by atoms with van der Waals surface area (Å²) in [4.78, 5) is 29.6. The summed E-state index contributed by atoms with van der Waals surface area (Å²) in [7, 11) is -1.62. The number of hydrogen-bond donors (Lipinski definition) is 0. The molecule has 0 aliphatic carbocycles. The predicted molar refractivity (Wildman–Crippen MR) is 120 cm³/mol. The molecule has 30 heavy (non-hydrogen) atoms. The van der Waals surface area contributed by atoms with Gasteiger partial charge in [0.2, 0.25) is 21.8 Å². The summed E-state index contributed by atoms with van der Waals surface area (Å²) >= 11 is 0. The fourth-order valence-electron chi connectivity index (χ4n) is 4.74. The number of sulfonamides is 1. The van der Waals surface area contributed by atoms with Crippen LogP contribution in [0.15, 0.2) is 30.3 Å². The monoisotopic (exact) mass is 457 g/mol. The summed E-state index contributed by atoms with van der Waals surface area (Å²) in [6.07, 6.45) is 4.10. The van der Waals surface area contributed by atoms with Gasteiger partial charge in [0, 0.05) is 32.2 Å². The molecule has 0 saturated carbocycles. The second-order valence-electron chi connectivity index (χ2n) is 8.09. The number of hydrogen-bond acceptors (Lipinski definition) is 5. The third-order valence-corrected chi connectivity index (χ3v) is 7.19. The number of benzene rings is 1. The molecule has 2 heterocycles. The van der Waals surface area contributed by atoms with E-state index in [2.05, 4.69) is 4.90 Å². The Morgan fingerprint density at radius 3 is 2.50 bits per heavy atom. The molecule has 1 aromatic carbocycles. The minimum Gasteiger partial charge on any atom is -0.375 e. The highest BCUT2D eigenvalue weighted by atomic mass is 35.5. The van der Waals surface area contributed by atoms with Crippen LogP contribution >= 0.6 is 12.4 Å². The highest BCUT2D eigenvalue weighted by molar-refractivity contribution is 7.88. The standard InChI is InChI=1S/C21H31N3O4S.ClH/c1-4-9-17-20-18(24(21(17)26)29(3,27)28)13-15-23(20)19(25)12-8-14-22(2)16-10-6-5-7-11-16;/h5-7,10-11,17-18,20H,4,8-9,12-15H2,1-3H3;1H/t17-,18+,20-;/m1./s1. The maximum Gasteiger partial charge on any atom is 0.241 e. The molecule has 2 aliphatic heterocycles. The number of likely N-dealkylation sites (tertiary alicyclic amines) is 1. The van der Waals surface area contributed by atoms with Gasteiger partial charge in [0.25, 0.3) is 0 Å². The van der Waals surface area contributed by atoms with Crippen LogP contribution in [0.1, 0.15) is 39.0 Å². The Bertz CT molecular complexity index is 849. The molecule has 2 aliphatic rings. The van der Waals surface area contributed by atoms with Crippen molar-refractivity contribution in [3.05, 3.63) is 30.3 Å². The molecule has 0 spiro atoms. The summed E-state index contributed by atoms with van der Waals surface area (Å²) in [5, 5.41) is 0. The average Bonchev–Trinajstić information content (AvgIpc) is 3.20. The van der Waals surface area contributed by atoms with Crippen molar-refractivity contribution in [3.8, 4) is 0 Å². The first-order valence-corrected chi connectivity index (χ1v) is 12.2. The van der Waals surface area contributed by atoms with Gasteiger partial charge in [-0.05, 0) is 31.4 Å². The molecule has 2 saturated heterocycles. The molecule has 0 bridgehead atoms. The molecule has 2 amide bonds. The Hall–Kier alpha value is -1.80. The van der Waals surface area contributed by atoms with Gasteiger partial charge in [0.05, 0.1) is 24.3 Å². The second-order valence-corrected chi connectivity index (χ2v) is 9.95. The van der Waals surface area contributed by atoms with Crippen LogP contribution < -0.4 is 4.90 Å². The van der Waals surface area contributed by atoms with Gasteiger partial charge in [-0.25, -0.2) is 12.7 Å². The number of carbonyl (C=O) groups excluding carboxylic acids is 2. The van der Waals surface area contributed by atoms with E-state index in [-0.39, 0.29) is 30.3 Å². The maximum absolute atomic E-state index is 12.9. The third kappa shape index (κ3) is 4.91. The van der Waals surface area contributed by atoms with Crippen molar-refractivity contribution < 1.29 is 18.0 Å². The van der Waals surface area contributed by atoms with Crippen LogP contribution in [-0.4, -0.2) is 67.9 Å². The fraction of sp³-hybridized carbons (Fsp3) is 0.619. The van der Waals surface area contributed by atoms with Crippen LogP contribution in [0.5, 0.6) is 0 Å². The largest absolute Gasteiger partial charge is 0.375 e. The molecule has 0 radical (unpaired) electrons. The van der Waals surface area contributed by atoms with Gasteiger partial charge in [0.1, 0.15) is 0 Å². The zero-order chi connectivity index (χ0) is 21.2. The van der Waals surface area contributed by atoms with Crippen molar-refractivity contribution >= 4 is 39.9 Å². The van der Waals surface area contributed by atoms with Crippen molar-refractivity contribution in [3.63, 3.8) is 0 Å². The van der Waals surface area contributed by atoms with E-state index in [9.17, 15) is 18.0 Å². The molecular weight excluding hydrogens is 426 g/mol. The quantitative estimate of drug-likeness (QED) is 0.599. The number of fused-ring (bicyclic) bond motifs is 1. The number of para-hydroxylation sites is 1. The average molecular weight is 458 g/mol. The zero-order valence-corrected chi connectivity index (χ0v) is 19.5. The lowest BCUT2D eigenvalue weighted by Crippen LogP contribution is -2.43. The molecule has 9 heteroatoms. The lowest BCUT2D eigenvalue weighted by molar-refractivity contribution is -0.134. The first-order valence-electron chi connectivity index (χ1n) is 10.3. The van der Waals surface area contributed by atoms with Crippen molar-refractivity contribution in [1.29, 1.82) is 0 Å². The minimum absolute atomic E-state index is 0. The van der Waals surface area contributed by atoms with Gasteiger partial charge in [-0.3, -0.25) is 9.59 Å². The fourth-order valence-corrected chi connectivity index (χ4v) is 5.93. The van der Waals surface area contributed by atoms with E-state index in [1.807, 2.05) is 44.3 Å². The van der Waals surface area contributed by atoms with Gasteiger partial charge in [0.15, 0.2) is 0 Å². The van der Waals surface area contributed by atoms with E-state index in [1.165, 1.54) is 0 Å². The van der Waals surface area contributed by atoms with E-state index >= 15 is 0 Å². The van der Waals surface area contributed by atoms with Crippen molar-refractivity contribution in [1.82, 2.24) is 9.21 Å². The van der Waals surface area contributed by atoms with Gasteiger partial charge in [-0.1, -0.05) is 31.5 Å². The number of carbonyl (C=O) groups is 2. The van der Waals surface area contributed by atoms with Crippen LogP contribution in [0.2, 0.25) is 0 Å². The van der Waals surface area contributed by atoms with Crippen LogP contribution in [0.4, 0.5) is 5.69 Å². The highest BCUT2D eigenvalue weighted by Crippen LogP contribution is 2.40. The Kier molecular flexibility index (Phi) is 8.16. The SMILES string of the molecule is CCC[C@H]1C(=O)N(S(C)(=O)=O)[C@H]2CCN(C(=O)CCCN(C)c3ccccc3)[C@H]12.Cl. The van der Waals surface area contributed by atoms with E-state index < -0.39 is 22.0 Å². The van der Waals surface area contributed by atoms with E-state index in [4.69, 9.17) is 0 Å². The Morgan fingerprint density at radius 2 is 1.90 bits per heavy atom. The maximum atomic E-state index is 12.9. The summed E-state index contributed by atoms with van der Waals surface area (Å²) < 4.78 is 25.4. The molecule has 0 aromatic heterocycles. The molecule has 2 fully saturated rings. The van der Waals surface area contributed by atoms with Crippen molar-refractivity contribution in [2.45, 2.75) is 51.1 Å². The number of nitrogens with zero attached hydrogens (tertiary/aromatic N) is 3. The van der Waals surface area contributed by atoms with Crippen molar-refractivity contribution in [2.24, 2.45) is 5.92 Å². The van der Waals surface area contributed by atoms with Gasteiger partial charge >= 0.3 is 0 Å². The summed E-state index contributed by atoms with van der Waals surface area (Å²) in [6.45, 7) is 3.25. The minimum atomic E-state index is -3.63. The number of rotatable bonds is 8. The van der Waals surface area contributed by atoms with Gasteiger partial charge < -0.3 is 9.80 Å². The van der Waals surface area contributed by atoms with Gasteiger partial charge in [-0.2, -0.15) is 0 Å². The normalized spacial score (nSPS) is 23.3. The lowest BCUT2D eigenvalue weighted by atomic mass is 9.94. The molecule has 1 aromatic rings. The molecule has 7 nitrogen and oxygen atoms in total.